The second-order valence-electron chi connectivity index (χ2n) is 4.43. The van der Waals surface area contributed by atoms with Crippen LogP contribution in [0.4, 0.5) is 11.5 Å². The van der Waals surface area contributed by atoms with Crippen molar-refractivity contribution in [3.8, 4) is 0 Å². The molecule has 2 aromatic rings. The maximum atomic E-state index is 11.7. The van der Waals surface area contributed by atoms with Crippen LogP contribution in [-0.4, -0.2) is 33.9 Å². The lowest BCUT2D eigenvalue weighted by Gasteiger charge is -2.16. The fourth-order valence-corrected chi connectivity index (χ4v) is 1.83. The Kier molecular flexibility index (Phi) is 4.19. The maximum absolute atomic E-state index is 11.7. The molecule has 0 aromatic carbocycles. The summed E-state index contributed by atoms with van der Waals surface area (Å²) in [5, 5.41) is 7.29. The molecule has 0 saturated carbocycles. The van der Waals surface area contributed by atoms with Gasteiger partial charge in [-0.1, -0.05) is 0 Å². The molecule has 0 aliphatic carbocycles. The Bertz CT molecular complexity index is 582. The molecule has 0 spiro atoms. The minimum atomic E-state index is -0.474. The number of nitrogens with zero attached hydrogens (tertiary/aromatic N) is 3. The number of nitrogen functional groups attached to an aromatic ring is 1. The average molecular weight is 275 g/mol. The number of hydrogen-bond acceptors (Lipinski definition) is 6. The predicted octanol–water partition coefficient (Wildman–Crippen LogP) is 1.15. The smallest absolute Gasteiger partial charge is 0.341 e. The topological polar surface area (TPSA) is 95.1 Å². The number of ether oxygens (including phenoxy) is 1. The summed E-state index contributed by atoms with van der Waals surface area (Å²) >= 11 is 0. The van der Waals surface area contributed by atoms with Crippen LogP contribution in [-0.2, 0) is 11.3 Å². The van der Waals surface area contributed by atoms with Gasteiger partial charge in [0.05, 0.1) is 25.5 Å². The monoisotopic (exact) mass is 275 g/mol. The SMILES string of the molecule is COC(=O)c1cc(N)cnc1NC(C)Cn1cccn1. The minimum absolute atomic E-state index is 0.0365. The third kappa shape index (κ3) is 3.25. The summed E-state index contributed by atoms with van der Waals surface area (Å²) in [5.74, 6) is -0.0238. The van der Waals surface area contributed by atoms with Gasteiger partial charge >= 0.3 is 5.97 Å². The predicted molar refractivity (Wildman–Crippen MR) is 75.3 cm³/mol. The number of hydrogen-bond donors (Lipinski definition) is 2. The Hall–Kier alpha value is -2.57. The van der Waals surface area contributed by atoms with E-state index in [1.807, 2.05) is 19.2 Å². The maximum Gasteiger partial charge on any atom is 0.341 e. The number of rotatable bonds is 5. The minimum Gasteiger partial charge on any atom is -0.465 e. The van der Waals surface area contributed by atoms with E-state index in [0.717, 1.165) is 0 Å². The van der Waals surface area contributed by atoms with E-state index in [2.05, 4.69) is 15.4 Å². The van der Waals surface area contributed by atoms with Crippen LogP contribution in [0.25, 0.3) is 0 Å². The Labute approximate surface area is 116 Å². The number of pyridine rings is 1. The van der Waals surface area contributed by atoms with Gasteiger partial charge < -0.3 is 15.8 Å². The van der Waals surface area contributed by atoms with Gasteiger partial charge in [-0.15, -0.1) is 0 Å². The number of aromatic nitrogens is 3. The molecule has 2 aromatic heterocycles. The molecule has 0 saturated heterocycles. The molecule has 3 N–H and O–H groups in total. The molecule has 0 radical (unpaired) electrons. The van der Waals surface area contributed by atoms with E-state index in [4.69, 9.17) is 10.5 Å². The second-order valence-corrected chi connectivity index (χ2v) is 4.43. The number of esters is 1. The van der Waals surface area contributed by atoms with Gasteiger partial charge in [-0.3, -0.25) is 4.68 Å². The molecular formula is C13H17N5O2. The van der Waals surface area contributed by atoms with Crippen LogP contribution in [0.5, 0.6) is 0 Å². The summed E-state index contributed by atoms with van der Waals surface area (Å²) in [6.45, 7) is 2.63. The number of nitrogens with two attached hydrogens (primary N) is 1. The van der Waals surface area contributed by atoms with Gasteiger partial charge in [0.2, 0.25) is 0 Å². The number of anilines is 2. The second kappa shape index (κ2) is 6.05. The van der Waals surface area contributed by atoms with Gasteiger partial charge in [-0.25, -0.2) is 9.78 Å². The molecule has 0 fully saturated rings. The van der Waals surface area contributed by atoms with Crippen molar-refractivity contribution in [3.05, 3.63) is 36.3 Å². The van der Waals surface area contributed by atoms with E-state index < -0.39 is 5.97 Å². The lowest BCUT2D eigenvalue weighted by atomic mass is 10.2. The molecule has 0 aliphatic heterocycles. The Morgan fingerprint density at radius 2 is 2.40 bits per heavy atom. The summed E-state index contributed by atoms with van der Waals surface area (Å²) in [5.41, 5.74) is 6.38. The van der Waals surface area contributed by atoms with Crippen molar-refractivity contribution in [1.29, 1.82) is 0 Å². The van der Waals surface area contributed by atoms with Crippen molar-refractivity contribution in [3.63, 3.8) is 0 Å². The van der Waals surface area contributed by atoms with Crippen LogP contribution in [0.15, 0.2) is 30.7 Å². The Morgan fingerprint density at radius 3 is 3.05 bits per heavy atom. The quantitative estimate of drug-likeness (QED) is 0.795. The zero-order valence-electron chi connectivity index (χ0n) is 11.4. The van der Waals surface area contributed by atoms with E-state index in [1.165, 1.54) is 13.3 Å². The third-order valence-corrected chi connectivity index (χ3v) is 2.72. The van der Waals surface area contributed by atoms with Crippen LogP contribution in [0.3, 0.4) is 0 Å². The molecule has 7 nitrogen and oxygen atoms in total. The first-order chi connectivity index (χ1) is 9.60. The molecule has 106 valence electrons. The molecule has 2 rings (SSSR count). The highest BCUT2D eigenvalue weighted by atomic mass is 16.5. The number of methoxy groups -OCH3 is 1. The lowest BCUT2D eigenvalue weighted by molar-refractivity contribution is 0.0601. The highest BCUT2D eigenvalue weighted by Gasteiger charge is 2.15. The summed E-state index contributed by atoms with van der Waals surface area (Å²) in [4.78, 5) is 15.9. The molecule has 0 amide bonds. The van der Waals surface area contributed by atoms with Gasteiger partial charge in [-0.2, -0.15) is 5.10 Å². The Morgan fingerprint density at radius 1 is 1.60 bits per heavy atom. The van der Waals surface area contributed by atoms with Gasteiger partial charge in [-0.05, 0) is 19.1 Å². The molecule has 1 unspecified atom stereocenters. The first-order valence-electron chi connectivity index (χ1n) is 6.18. The van der Waals surface area contributed by atoms with Crippen molar-refractivity contribution in [2.24, 2.45) is 0 Å². The number of carbonyl (C=O) groups excluding carboxylic acids is 1. The zero-order chi connectivity index (χ0) is 14.5. The third-order valence-electron chi connectivity index (χ3n) is 2.72. The largest absolute Gasteiger partial charge is 0.465 e. The first kappa shape index (κ1) is 13.9. The van der Waals surface area contributed by atoms with Crippen molar-refractivity contribution in [2.75, 3.05) is 18.2 Å². The molecule has 2 heterocycles. The van der Waals surface area contributed by atoms with Crippen molar-refractivity contribution >= 4 is 17.5 Å². The highest BCUT2D eigenvalue weighted by Crippen LogP contribution is 2.17. The zero-order valence-corrected chi connectivity index (χ0v) is 11.4. The van der Waals surface area contributed by atoms with Crippen molar-refractivity contribution in [2.45, 2.75) is 19.5 Å². The van der Waals surface area contributed by atoms with Crippen LogP contribution in [0.2, 0.25) is 0 Å². The van der Waals surface area contributed by atoms with E-state index in [0.29, 0.717) is 23.6 Å². The van der Waals surface area contributed by atoms with E-state index in [9.17, 15) is 4.79 Å². The molecule has 1 atom stereocenters. The summed E-state index contributed by atoms with van der Waals surface area (Å²) in [7, 11) is 1.32. The van der Waals surface area contributed by atoms with Gasteiger partial charge in [0, 0.05) is 18.4 Å². The van der Waals surface area contributed by atoms with E-state index in [-0.39, 0.29) is 6.04 Å². The number of nitrogens with one attached hydrogen (secondary N) is 1. The van der Waals surface area contributed by atoms with E-state index >= 15 is 0 Å². The Balaban J connectivity index is 2.14. The summed E-state index contributed by atoms with van der Waals surface area (Å²) in [6, 6.07) is 3.44. The summed E-state index contributed by atoms with van der Waals surface area (Å²) < 4.78 is 6.53. The van der Waals surface area contributed by atoms with Crippen LogP contribution >= 0.6 is 0 Å². The lowest BCUT2D eigenvalue weighted by Crippen LogP contribution is -2.24. The fourth-order valence-electron chi connectivity index (χ4n) is 1.83. The van der Waals surface area contributed by atoms with Crippen LogP contribution in [0.1, 0.15) is 17.3 Å². The standard InChI is InChI=1S/C13H17N5O2/c1-9(8-18-5-3-4-16-18)17-12-11(13(19)20-2)6-10(14)7-15-12/h3-7,9H,8,14H2,1-2H3,(H,15,17). The van der Waals surface area contributed by atoms with Crippen LogP contribution < -0.4 is 11.1 Å². The summed E-state index contributed by atoms with van der Waals surface area (Å²) in [6.07, 6.45) is 5.08. The molecular weight excluding hydrogens is 258 g/mol. The molecule has 7 heteroatoms. The van der Waals surface area contributed by atoms with Crippen molar-refractivity contribution < 1.29 is 9.53 Å². The molecule has 0 aliphatic rings. The van der Waals surface area contributed by atoms with Gasteiger partial charge in [0.25, 0.3) is 0 Å². The highest BCUT2D eigenvalue weighted by molar-refractivity contribution is 5.95. The number of carbonyl (C=O) groups is 1. The normalized spacial score (nSPS) is 11.9. The first-order valence-corrected chi connectivity index (χ1v) is 6.18. The van der Waals surface area contributed by atoms with E-state index in [1.54, 1.807) is 16.9 Å². The van der Waals surface area contributed by atoms with Gasteiger partial charge in [0.1, 0.15) is 11.4 Å². The molecule has 0 bridgehead atoms. The average Bonchev–Trinajstić information content (AvgIpc) is 2.92. The van der Waals surface area contributed by atoms with Crippen LogP contribution in [0, 0.1) is 0 Å². The fraction of sp³-hybridized carbons (Fsp3) is 0.308. The van der Waals surface area contributed by atoms with Crippen molar-refractivity contribution in [1.82, 2.24) is 14.8 Å². The van der Waals surface area contributed by atoms with Gasteiger partial charge in [0.15, 0.2) is 0 Å². The molecule has 20 heavy (non-hydrogen) atoms.